The molecule has 0 fully saturated rings. The van der Waals surface area contributed by atoms with E-state index in [4.69, 9.17) is 10.8 Å². The topological polar surface area (TPSA) is 59.1 Å². The smallest absolute Gasteiger partial charge is 0.0970 e. The minimum Gasteiger partial charge on any atom is -0.399 e. The van der Waals surface area contributed by atoms with Gasteiger partial charge in [0.1, 0.15) is 0 Å². The monoisotopic (exact) mass is 248 g/mol. The Bertz CT molecular complexity index is 516. The molecule has 1 aromatic heterocycles. The summed E-state index contributed by atoms with van der Waals surface area (Å²) in [5, 5.41) is 11.3. The second-order valence-corrected chi connectivity index (χ2v) is 5.50. The van der Waals surface area contributed by atoms with E-state index in [0.29, 0.717) is 5.25 Å². The average molecular weight is 248 g/mol. The fourth-order valence-electron chi connectivity index (χ4n) is 1.64. The highest BCUT2D eigenvalue weighted by Crippen LogP contribution is 2.25. The molecule has 1 heterocycles. The highest BCUT2D eigenvalue weighted by atomic mass is 32.2. The van der Waals surface area contributed by atoms with Gasteiger partial charge in [-0.15, -0.1) is 11.8 Å². The van der Waals surface area contributed by atoms with Crippen LogP contribution in [-0.2, 0) is 0 Å². The average Bonchev–Trinajstić information content (AvgIpc) is 2.29. The van der Waals surface area contributed by atoms with E-state index < -0.39 is 0 Å². The summed E-state index contributed by atoms with van der Waals surface area (Å²) in [7, 11) is 0. The third kappa shape index (κ3) is 3.11. The Hall–Kier alpha value is -1.26. The van der Waals surface area contributed by atoms with Gasteiger partial charge in [0, 0.05) is 22.9 Å². The van der Waals surface area contributed by atoms with Gasteiger partial charge in [-0.25, -0.2) is 4.98 Å². The highest BCUT2D eigenvalue weighted by Gasteiger charge is 2.05. The standard InChI is InChI=1S/C13H16N2OS/c1-9(6-7-16)17-13-5-2-10-8-11(14)3-4-12(10)15-13/h2-5,8-9,16H,6-7,14H2,1H3. The van der Waals surface area contributed by atoms with Crippen molar-refractivity contribution in [3.8, 4) is 0 Å². The van der Waals surface area contributed by atoms with Gasteiger partial charge in [0.15, 0.2) is 0 Å². The summed E-state index contributed by atoms with van der Waals surface area (Å²) in [6.07, 6.45) is 0.784. The third-order valence-electron chi connectivity index (χ3n) is 2.55. The molecular formula is C13H16N2OS. The normalized spacial score (nSPS) is 12.8. The summed E-state index contributed by atoms with van der Waals surface area (Å²) in [6.45, 7) is 2.31. The van der Waals surface area contributed by atoms with Crippen LogP contribution in [0.15, 0.2) is 35.4 Å². The molecule has 0 aliphatic heterocycles. The number of hydrogen-bond acceptors (Lipinski definition) is 4. The third-order valence-corrected chi connectivity index (χ3v) is 3.65. The molecule has 0 radical (unpaired) electrons. The molecule has 3 nitrogen and oxygen atoms in total. The SMILES string of the molecule is CC(CCO)Sc1ccc2cc(N)ccc2n1. The number of nitrogens with two attached hydrogens (primary N) is 1. The Morgan fingerprint density at radius 2 is 2.18 bits per heavy atom. The van der Waals surface area contributed by atoms with Gasteiger partial charge in [0.05, 0.1) is 10.5 Å². The first kappa shape index (κ1) is 12.2. The lowest BCUT2D eigenvalue weighted by Crippen LogP contribution is -1.99. The molecule has 0 bridgehead atoms. The Labute approximate surface area is 105 Å². The number of rotatable bonds is 4. The molecule has 0 saturated carbocycles. The highest BCUT2D eigenvalue weighted by molar-refractivity contribution is 7.99. The zero-order valence-corrected chi connectivity index (χ0v) is 10.6. The van der Waals surface area contributed by atoms with Crippen LogP contribution in [0.25, 0.3) is 10.9 Å². The number of thioether (sulfide) groups is 1. The second-order valence-electron chi connectivity index (χ2n) is 4.04. The van der Waals surface area contributed by atoms with Crippen molar-refractivity contribution in [1.82, 2.24) is 4.98 Å². The number of nitrogens with zero attached hydrogens (tertiary/aromatic N) is 1. The van der Waals surface area contributed by atoms with Crippen LogP contribution < -0.4 is 5.73 Å². The first-order valence-corrected chi connectivity index (χ1v) is 6.51. The number of aromatic nitrogens is 1. The van der Waals surface area contributed by atoms with Crippen molar-refractivity contribution >= 4 is 28.4 Å². The van der Waals surface area contributed by atoms with Crippen LogP contribution in [-0.4, -0.2) is 21.9 Å². The lowest BCUT2D eigenvalue weighted by molar-refractivity contribution is 0.289. The summed E-state index contributed by atoms with van der Waals surface area (Å²) in [5.41, 5.74) is 7.44. The maximum atomic E-state index is 8.87. The number of fused-ring (bicyclic) bond motifs is 1. The molecule has 90 valence electrons. The molecule has 0 saturated heterocycles. The van der Waals surface area contributed by atoms with Gasteiger partial charge in [0.25, 0.3) is 0 Å². The first-order valence-electron chi connectivity index (χ1n) is 5.63. The fraction of sp³-hybridized carbons (Fsp3) is 0.308. The van der Waals surface area contributed by atoms with Crippen molar-refractivity contribution in [3.63, 3.8) is 0 Å². The molecule has 0 aliphatic carbocycles. The van der Waals surface area contributed by atoms with E-state index in [2.05, 4.69) is 11.9 Å². The molecule has 0 spiro atoms. The molecule has 1 aromatic carbocycles. The Kier molecular flexibility index (Phi) is 3.86. The van der Waals surface area contributed by atoms with Crippen LogP contribution in [0.1, 0.15) is 13.3 Å². The number of aliphatic hydroxyl groups is 1. The van der Waals surface area contributed by atoms with Crippen LogP contribution in [0.5, 0.6) is 0 Å². The summed E-state index contributed by atoms with van der Waals surface area (Å²) in [4.78, 5) is 4.56. The molecular weight excluding hydrogens is 232 g/mol. The van der Waals surface area contributed by atoms with E-state index in [1.54, 1.807) is 11.8 Å². The summed E-state index contributed by atoms with van der Waals surface area (Å²) in [6, 6.07) is 9.76. The number of anilines is 1. The lowest BCUT2D eigenvalue weighted by atomic mass is 10.2. The van der Waals surface area contributed by atoms with E-state index in [0.717, 1.165) is 28.0 Å². The number of benzene rings is 1. The number of nitrogen functional groups attached to an aromatic ring is 1. The molecule has 3 N–H and O–H groups in total. The van der Waals surface area contributed by atoms with E-state index in [-0.39, 0.29) is 6.61 Å². The van der Waals surface area contributed by atoms with Gasteiger partial charge in [-0.3, -0.25) is 0 Å². The van der Waals surface area contributed by atoms with E-state index >= 15 is 0 Å². The van der Waals surface area contributed by atoms with Crippen LogP contribution in [0, 0.1) is 0 Å². The van der Waals surface area contributed by atoms with Gasteiger partial charge in [0.2, 0.25) is 0 Å². The summed E-state index contributed by atoms with van der Waals surface area (Å²) < 4.78 is 0. The number of hydrogen-bond donors (Lipinski definition) is 2. The van der Waals surface area contributed by atoms with Gasteiger partial charge >= 0.3 is 0 Å². The van der Waals surface area contributed by atoms with Crippen LogP contribution in [0.2, 0.25) is 0 Å². The van der Waals surface area contributed by atoms with Crippen molar-refractivity contribution in [2.24, 2.45) is 0 Å². The van der Waals surface area contributed by atoms with Crippen LogP contribution >= 0.6 is 11.8 Å². The largest absolute Gasteiger partial charge is 0.399 e. The molecule has 2 rings (SSSR count). The predicted octanol–water partition coefficient (Wildman–Crippen LogP) is 2.68. The maximum Gasteiger partial charge on any atom is 0.0970 e. The Morgan fingerprint density at radius 3 is 2.94 bits per heavy atom. The second kappa shape index (κ2) is 5.38. The minimum atomic E-state index is 0.221. The van der Waals surface area contributed by atoms with Gasteiger partial charge < -0.3 is 10.8 Å². The molecule has 17 heavy (non-hydrogen) atoms. The summed E-state index contributed by atoms with van der Waals surface area (Å²) >= 11 is 1.68. The van der Waals surface area contributed by atoms with Crippen LogP contribution in [0.4, 0.5) is 5.69 Å². The number of aliphatic hydroxyl groups excluding tert-OH is 1. The Balaban J connectivity index is 2.23. The quantitative estimate of drug-likeness (QED) is 0.645. The maximum absolute atomic E-state index is 8.87. The van der Waals surface area contributed by atoms with Crippen molar-refractivity contribution < 1.29 is 5.11 Å². The molecule has 2 aromatic rings. The fourth-order valence-corrected chi connectivity index (χ4v) is 2.57. The molecule has 0 amide bonds. The Morgan fingerprint density at radius 1 is 1.35 bits per heavy atom. The van der Waals surface area contributed by atoms with Gasteiger partial charge in [-0.1, -0.05) is 13.0 Å². The van der Waals surface area contributed by atoms with E-state index in [1.165, 1.54) is 0 Å². The van der Waals surface area contributed by atoms with E-state index in [1.807, 2.05) is 30.3 Å². The zero-order chi connectivity index (χ0) is 12.3. The first-order chi connectivity index (χ1) is 8.19. The van der Waals surface area contributed by atoms with Crippen molar-refractivity contribution in [2.75, 3.05) is 12.3 Å². The minimum absolute atomic E-state index is 0.221. The molecule has 1 unspecified atom stereocenters. The van der Waals surface area contributed by atoms with E-state index in [9.17, 15) is 0 Å². The molecule has 0 aliphatic rings. The number of pyridine rings is 1. The summed E-state index contributed by atoms with van der Waals surface area (Å²) in [5.74, 6) is 0. The van der Waals surface area contributed by atoms with Crippen molar-refractivity contribution in [1.29, 1.82) is 0 Å². The van der Waals surface area contributed by atoms with Crippen molar-refractivity contribution in [2.45, 2.75) is 23.6 Å². The predicted molar refractivity (Wildman–Crippen MR) is 73.2 cm³/mol. The van der Waals surface area contributed by atoms with Gasteiger partial charge in [-0.2, -0.15) is 0 Å². The lowest BCUT2D eigenvalue weighted by Gasteiger charge is -2.09. The van der Waals surface area contributed by atoms with Crippen molar-refractivity contribution in [3.05, 3.63) is 30.3 Å². The zero-order valence-electron chi connectivity index (χ0n) is 9.76. The molecule has 4 heteroatoms. The van der Waals surface area contributed by atoms with Gasteiger partial charge in [-0.05, 0) is 30.7 Å². The molecule has 1 atom stereocenters. The van der Waals surface area contributed by atoms with Crippen LogP contribution in [0.3, 0.4) is 0 Å².